The molecule has 1 saturated heterocycles. The molecule has 0 aromatic carbocycles. The molecule has 0 aromatic rings. The first kappa shape index (κ1) is 11.9. The lowest BCUT2D eigenvalue weighted by molar-refractivity contribution is -0.0434. The van der Waals surface area contributed by atoms with Gasteiger partial charge in [-0.25, -0.2) is 0 Å². The van der Waals surface area contributed by atoms with E-state index in [1.54, 1.807) is 0 Å². The highest BCUT2D eigenvalue weighted by atomic mass is 16.3. The third-order valence-corrected chi connectivity index (χ3v) is 4.74. The molecule has 0 amide bonds. The second kappa shape index (κ2) is 4.01. The third-order valence-electron chi connectivity index (χ3n) is 4.74. The maximum Gasteiger partial charge on any atom is 0.0971 e. The molecule has 3 heteroatoms. The van der Waals surface area contributed by atoms with Gasteiger partial charge in [-0.3, -0.25) is 0 Å². The van der Waals surface area contributed by atoms with Gasteiger partial charge < -0.3 is 10.0 Å². The van der Waals surface area contributed by atoms with Crippen molar-refractivity contribution in [1.82, 2.24) is 4.90 Å². The average molecular weight is 222 g/mol. The Hall–Kier alpha value is -0.590. The van der Waals surface area contributed by atoms with Gasteiger partial charge in [-0.15, -0.1) is 0 Å². The number of hydrogen-bond acceptors (Lipinski definition) is 3. The smallest absolute Gasteiger partial charge is 0.0971 e. The summed E-state index contributed by atoms with van der Waals surface area (Å²) in [6.45, 7) is 3.76. The minimum atomic E-state index is -0.763. The van der Waals surface area contributed by atoms with Crippen LogP contribution >= 0.6 is 0 Å². The van der Waals surface area contributed by atoms with Gasteiger partial charge in [-0.2, -0.15) is 5.26 Å². The standard InChI is InChI=1S/C13H22N2O/c1-3-11-4-5-12(8-11,9-14)13(16)6-7-15(2)10-13/h11,16H,3-8,10H2,1-2H3. The lowest BCUT2D eigenvalue weighted by Gasteiger charge is -2.37. The van der Waals surface area contributed by atoms with Gasteiger partial charge in [0.2, 0.25) is 0 Å². The number of likely N-dealkylation sites (N-methyl/N-ethyl adjacent to an activating group) is 1. The maximum absolute atomic E-state index is 10.8. The van der Waals surface area contributed by atoms with Crippen LogP contribution < -0.4 is 0 Å². The number of β-amino-alcohol motifs (C(OH)–C–C–N with tert-alkyl or cyclic N) is 1. The summed E-state index contributed by atoms with van der Waals surface area (Å²) in [5.74, 6) is 0.634. The van der Waals surface area contributed by atoms with Crippen LogP contribution in [0, 0.1) is 22.7 Å². The molecule has 0 spiro atoms. The SMILES string of the molecule is CCC1CCC(C#N)(C2(O)CCN(C)C2)C1. The Labute approximate surface area is 98.1 Å². The van der Waals surface area contributed by atoms with Gasteiger partial charge in [-0.1, -0.05) is 13.3 Å². The van der Waals surface area contributed by atoms with Gasteiger partial charge in [-0.05, 0) is 38.6 Å². The third kappa shape index (κ3) is 1.65. The second-order valence-corrected chi connectivity index (χ2v) is 5.73. The molecule has 3 unspecified atom stereocenters. The van der Waals surface area contributed by atoms with Crippen molar-refractivity contribution in [3.8, 4) is 6.07 Å². The van der Waals surface area contributed by atoms with Crippen molar-refractivity contribution in [2.45, 2.75) is 44.6 Å². The summed E-state index contributed by atoms with van der Waals surface area (Å²) in [7, 11) is 2.02. The van der Waals surface area contributed by atoms with E-state index in [2.05, 4.69) is 17.9 Å². The predicted octanol–water partition coefficient (Wildman–Crippen LogP) is 1.77. The number of nitrogens with zero attached hydrogens (tertiary/aromatic N) is 2. The summed E-state index contributed by atoms with van der Waals surface area (Å²) in [5, 5.41) is 20.3. The van der Waals surface area contributed by atoms with Crippen LogP contribution in [-0.4, -0.2) is 35.7 Å². The Bertz CT molecular complexity index is 312. The van der Waals surface area contributed by atoms with Crippen molar-refractivity contribution in [1.29, 1.82) is 5.26 Å². The van der Waals surface area contributed by atoms with Crippen LogP contribution in [0.2, 0.25) is 0 Å². The van der Waals surface area contributed by atoms with Gasteiger partial charge in [0.15, 0.2) is 0 Å². The summed E-state index contributed by atoms with van der Waals surface area (Å²) in [5.41, 5.74) is -1.24. The molecule has 3 atom stereocenters. The van der Waals surface area contributed by atoms with Gasteiger partial charge in [0.25, 0.3) is 0 Å². The monoisotopic (exact) mass is 222 g/mol. The number of likely N-dealkylation sites (tertiary alicyclic amines) is 1. The van der Waals surface area contributed by atoms with Crippen molar-refractivity contribution in [2.24, 2.45) is 11.3 Å². The van der Waals surface area contributed by atoms with Gasteiger partial charge in [0.05, 0.1) is 17.1 Å². The quantitative estimate of drug-likeness (QED) is 0.774. The largest absolute Gasteiger partial charge is 0.387 e. The van der Waals surface area contributed by atoms with Crippen LogP contribution in [0.15, 0.2) is 0 Å². The fourth-order valence-corrected chi connectivity index (χ4v) is 3.50. The van der Waals surface area contributed by atoms with Gasteiger partial charge in [0, 0.05) is 13.1 Å². The Morgan fingerprint density at radius 1 is 1.50 bits per heavy atom. The van der Waals surface area contributed by atoms with E-state index >= 15 is 0 Å². The number of rotatable bonds is 2. The molecule has 16 heavy (non-hydrogen) atoms. The van der Waals surface area contributed by atoms with E-state index in [4.69, 9.17) is 0 Å². The lowest BCUT2D eigenvalue weighted by Crippen LogP contribution is -2.48. The summed E-state index contributed by atoms with van der Waals surface area (Å²) in [6, 6.07) is 2.47. The molecular weight excluding hydrogens is 200 g/mol. The molecule has 2 fully saturated rings. The molecule has 2 rings (SSSR count). The molecule has 90 valence electrons. The molecule has 1 aliphatic carbocycles. The normalized spacial score (nSPS) is 44.8. The molecule has 3 nitrogen and oxygen atoms in total. The van der Waals surface area contributed by atoms with E-state index in [9.17, 15) is 10.4 Å². The van der Waals surface area contributed by atoms with Crippen molar-refractivity contribution in [2.75, 3.05) is 20.1 Å². The van der Waals surface area contributed by atoms with Crippen molar-refractivity contribution in [3.05, 3.63) is 0 Å². The molecule has 1 heterocycles. The minimum absolute atomic E-state index is 0.474. The van der Waals surface area contributed by atoms with E-state index in [1.165, 1.54) is 0 Å². The second-order valence-electron chi connectivity index (χ2n) is 5.73. The van der Waals surface area contributed by atoms with Gasteiger partial charge >= 0.3 is 0 Å². The molecule has 1 aliphatic heterocycles. The average Bonchev–Trinajstić information content (AvgIpc) is 2.84. The summed E-state index contributed by atoms with van der Waals surface area (Å²) < 4.78 is 0. The van der Waals surface area contributed by atoms with Crippen LogP contribution in [0.3, 0.4) is 0 Å². The fourth-order valence-electron chi connectivity index (χ4n) is 3.50. The van der Waals surface area contributed by atoms with Crippen molar-refractivity contribution >= 4 is 0 Å². The minimum Gasteiger partial charge on any atom is -0.387 e. The first-order valence-corrected chi connectivity index (χ1v) is 6.37. The summed E-state index contributed by atoms with van der Waals surface area (Å²) in [6.07, 6.45) is 4.77. The molecule has 0 bridgehead atoms. The fraction of sp³-hybridized carbons (Fsp3) is 0.923. The van der Waals surface area contributed by atoms with E-state index in [0.717, 1.165) is 38.6 Å². The molecule has 1 saturated carbocycles. The molecule has 2 aliphatic rings. The molecule has 0 radical (unpaired) electrons. The Morgan fingerprint density at radius 3 is 2.69 bits per heavy atom. The zero-order valence-corrected chi connectivity index (χ0v) is 10.4. The molecule has 0 aromatic heterocycles. The highest BCUT2D eigenvalue weighted by Crippen LogP contribution is 2.52. The number of aliphatic hydroxyl groups is 1. The Kier molecular flexibility index (Phi) is 2.98. The van der Waals surface area contributed by atoms with E-state index in [1.807, 2.05) is 7.05 Å². The Morgan fingerprint density at radius 2 is 2.25 bits per heavy atom. The van der Waals surface area contributed by atoms with Crippen LogP contribution in [-0.2, 0) is 0 Å². The van der Waals surface area contributed by atoms with E-state index < -0.39 is 11.0 Å². The van der Waals surface area contributed by atoms with Crippen LogP contribution in [0.5, 0.6) is 0 Å². The molecule has 1 N–H and O–H groups in total. The van der Waals surface area contributed by atoms with Crippen LogP contribution in [0.4, 0.5) is 0 Å². The summed E-state index contributed by atoms with van der Waals surface area (Å²) in [4.78, 5) is 2.14. The van der Waals surface area contributed by atoms with Crippen LogP contribution in [0.1, 0.15) is 39.0 Å². The Balaban J connectivity index is 2.20. The van der Waals surface area contributed by atoms with Crippen molar-refractivity contribution in [3.63, 3.8) is 0 Å². The van der Waals surface area contributed by atoms with Crippen LogP contribution in [0.25, 0.3) is 0 Å². The van der Waals surface area contributed by atoms with Crippen molar-refractivity contribution < 1.29 is 5.11 Å². The first-order chi connectivity index (χ1) is 7.55. The lowest BCUT2D eigenvalue weighted by atomic mass is 9.70. The summed E-state index contributed by atoms with van der Waals surface area (Å²) >= 11 is 0. The van der Waals surface area contributed by atoms with E-state index in [-0.39, 0.29) is 0 Å². The number of hydrogen-bond donors (Lipinski definition) is 1. The topological polar surface area (TPSA) is 47.3 Å². The highest BCUT2D eigenvalue weighted by molar-refractivity contribution is 5.17. The number of nitriles is 1. The maximum atomic E-state index is 10.8. The predicted molar refractivity (Wildman–Crippen MR) is 62.7 cm³/mol. The van der Waals surface area contributed by atoms with Gasteiger partial charge in [0.1, 0.15) is 0 Å². The van der Waals surface area contributed by atoms with E-state index in [0.29, 0.717) is 12.5 Å². The zero-order chi connectivity index (χ0) is 11.8. The first-order valence-electron chi connectivity index (χ1n) is 6.37. The molecular formula is C13H22N2O. The highest BCUT2D eigenvalue weighted by Gasteiger charge is 2.56. The zero-order valence-electron chi connectivity index (χ0n) is 10.4.